The number of anilines is 1. The highest BCUT2D eigenvalue weighted by Crippen LogP contribution is 2.23. The molecule has 0 aliphatic rings. The molecule has 0 fully saturated rings. The average molecular weight is 467 g/mol. The summed E-state index contributed by atoms with van der Waals surface area (Å²) in [6, 6.07) is 19.8. The van der Waals surface area contributed by atoms with Crippen LogP contribution in [0, 0.1) is 13.8 Å². The van der Waals surface area contributed by atoms with E-state index < -0.39 is 27.9 Å². The second kappa shape index (κ2) is 10.3. The van der Waals surface area contributed by atoms with Crippen LogP contribution in [-0.4, -0.2) is 27.4 Å². The van der Waals surface area contributed by atoms with Gasteiger partial charge in [-0.15, -0.1) is 0 Å². The van der Waals surface area contributed by atoms with E-state index in [4.69, 9.17) is 4.74 Å². The number of nitrogens with one attached hydrogen (secondary N) is 2. The topological polar surface area (TPSA) is 102 Å². The van der Waals surface area contributed by atoms with Gasteiger partial charge in [-0.3, -0.25) is 14.3 Å². The molecular formula is C25H26N2O5S. The fourth-order valence-corrected chi connectivity index (χ4v) is 4.62. The van der Waals surface area contributed by atoms with Crippen molar-refractivity contribution in [3.05, 3.63) is 95.1 Å². The molecule has 8 heteroatoms. The van der Waals surface area contributed by atoms with Gasteiger partial charge in [0.05, 0.1) is 24.5 Å². The molecule has 0 radical (unpaired) electrons. The number of hydrogen-bond donors (Lipinski definition) is 2. The van der Waals surface area contributed by atoms with Crippen molar-refractivity contribution in [2.75, 3.05) is 11.8 Å². The van der Waals surface area contributed by atoms with E-state index in [-0.39, 0.29) is 16.9 Å². The first-order valence-electron chi connectivity index (χ1n) is 10.3. The minimum absolute atomic E-state index is 0.0000426. The number of ether oxygens (including phenoxy) is 1. The fraction of sp³-hybridized carbons (Fsp3) is 0.200. The number of amides is 1. The van der Waals surface area contributed by atoms with Crippen molar-refractivity contribution in [1.82, 2.24) is 5.32 Å². The van der Waals surface area contributed by atoms with E-state index in [0.717, 1.165) is 11.1 Å². The van der Waals surface area contributed by atoms with E-state index in [2.05, 4.69) is 10.0 Å². The van der Waals surface area contributed by atoms with E-state index in [9.17, 15) is 18.0 Å². The molecule has 7 nitrogen and oxygen atoms in total. The summed E-state index contributed by atoms with van der Waals surface area (Å²) < 4.78 is 33.3. The minimum Gasteiger partial charge on any atom is -0.469 e. The van der Waals surface area contributed by atoms with E-state index in [1.54, 1.807) is 67.6 Å². The van der Waals surface area contributed by atoms with Crippen molar-refractivity contribution in [3.8, 4) is 0 Å². The molecule has 1 atom stereocenters. The maximum atomic E-state index is 13.0. The van der Waals surface area contributed by atoms with Gasteiger partial charge in [-0.1, -0.05) is 54.1 Å². The van der Waals surface area contributed by atoms with Crippen LogP contribution < -0.4 is 10.0 Å². The summed E-state index contributed by atoms with van der Waals surface area (Å²) in [7, 11) is -2.64. The van der Waals surface area contributed by atoms with E-state index in [0.29, 0.717) is 11.3 Å². The maximum Gasteiger partial charge on any atom is 0.307 e. The predicted octanol–water partition coefficient (Wildman–Crippen LogP) is 4.14. The Labute approximate surface area is 193 Å². The first-order valence-corrected chi connectivity index (χ1v) is 11.8. The average Bonchev–Trinajstić information content (AvgIpc) is 2.80. The largest absolute Gasteiger partial charge is 0.469 e. The number of hydrogen-bond acceptors (Lipinski definition) is 5. The predicted molar refractivity (Wildman–Crippen MR) is 126 cm³/mol. The Morgan fingerprint density at radius 3 is 2.24 bits per heavy atom. The second-order valence-corrected chi connectivity index (χ2v) is 9.32. The number of rotatable bonds is 8. The van der Waals surface area contributed by atoms with Gasteiger partial charge in [-0.25, -0.2) is 8.42 Å². The molecule has 0 heterocycles. The van der Waals surface area contributed by atoms with Crippen LogP contribution in [0.3, 0.4) is 0 Å². The molecule has 0 saturated heterocycles. The standard InChI is InChI=1S/C25H26N2O5S/c1-17-9-13-21(14-10-17)27-33(30,31)23-15-20(12-11-18(23)2)25(29)26-22(16-24(28)32-3)19-7-5-4-6-8-19/h4-15,22,27H,16H2,1-3H3,(H,26,29). The van der Waals surface area contributed by atoms with Crippen LogP contribution in [-0.2, 0) is 19.6 Å². The molecule has 2 N–H and O–H groups in total. The first-order chi connectivity index (χ1) is 15.7. The molecule has 1 unspecified atom stereocenters. The summed E-state index contributed by atoms with van der Waals surface area (Å²) >= 11 is 0. The van der Waals surface area contributed by atoms with Crippen LogP contribution in [0.4, 0.5) is 5.69 Å². The third-order valence-corrected chi connectivity index (χ3v) is 6.67. The van der Waals surface area contributed by atoms with Crippen LogP contribution >= 0.6 is 0 Å². The monoisotopic (exact) mass is 466 g/mol. The van der Waals surface area contributed by atoms with Crippen LogP contribution in [0.2, 0.25) is 0 Å². The van der Waals surface area contributed by atoms with Gasteiger partial charge in [0.1, 0.15) is 0 Å². The molecule has 3 rings (SSSR count). The smallest absolute Gasteiger partial charge is 0.307 e. The summed E-state index contributed by atoms with van der Waals surface area (Å²) in [6.07, 6.45) is -0.0573. The maximum absolute atomic E-state index is 13.0. The van der Waals surface area contributed by atoms with Crippen molar-refractivity contribution in [2.24, 2.45) is 0 Å². The number of carbonyl (C=O) groups is 2. The highest BCUT2D eigenvalue weighted by Gasteiger charge is 2.23. The van der Waals surface area contributed by atoms with Gasteiger partial charge in [0, 0.05) is 11.3 Å². The summed E-state index contributed by atoms with van der Waals surface area (Å²) in [6.45, 7) is 3.57. The summed E-state index contributed by atoms with van der Waals surface area (Å²) in [4.78, 5) is 24.9. The number of benzene rings is 3. The van der Waals surface area contributed by atoms with Gasteiger partial charge in [-0.2, -0.15) is 0 Å². The number of sulfonamides is 1. The zero-order chi connectivity index (χ0) is 24.0. The third kappa shape index (κ3) is 6.20. The Hall–Kier alpha value is -3.65. The zero-order valence-corrected chi connectivity index (χ0v) is 19.5. The lowest BCUT2D eigenvalue weighted by Gasteiger charge is -2.19. The lowest BCUT2D eigenvalue weighted by atomic mass is 10.0. The highest BCUT2D eigenvalue weighted by atomic mass is 32.2. The molecule has 3 aromatic carbocycles. The summed E-state index contributed by atoms with van der Waals surface area (Å²) in [5.74, 6) is -0.974. The Balaban J connectivity index is 1.87. The van der Waals surface area contributed by atoms with Crippen LogP contribution in [0.25, 0.3) is 0 Å². The SMILES string of the molecule is COC(=O)CC(NC(=O)c1ccc(C)c(S(=O)(=O)Nc2ccc(C)cc2)c1)c1ccccc1. The van der Waals surface area contributed by atoms with Crippen molar-refractivity contribution in [1.29, 1.82) is 0 Å². The minimum atomic E-state index is -3.92. The van der Waals surface area contributed by atoms with Crippen molar-refractivity contribution in [2.45, 2.75) is 31.2 Å². The van der Waals surface area contributed by atoms with Crippen LogP contribution in [0.1, 0.15) is 39.5 Å². The lowest BCUT2D eigenvalue weighted by Crippen LogP contribution is -2.30. The Morgan fingerprint density at radius 1 is 0.939 bits per heavy atom. The number of esters is 1. The number of methoxy groups -OCH3 is 1. The molecule has 1 amide bonds. The van der Waals surface area contributed by atoms with Gasteiger partial charge in [0.15, 0.2) is 0 Å². The lowest BCUT2D eigenvalue weighted by molar-refractivity contribution is -0.141. The fourth-order valence-electron chi connectivity index (χ4n) is 3.29. The molecule has 0 spiro atoms. The van der Waals surface area contributed by atoms with E-state index in [1.807, 2.05) is 13.0 Å². The van der Waals surface area contributed by atoms with Gasteiger partial charge in [0.25, 0.3) is 15.9 Å². The first kappa shape index (κ1) is 24.0. The summed E-state index contributed by atoms with van der Waals surface area (Å²) in [5.41, 5.74) is 2.83. The van der Waals surface area contributed by atoms with E-state index >= 15 is 0 Å². The van der Waals surface area contributed by atoms with Gasteiger partial charge in [0.2, 0.25) is 0 Å². The molecule has 0 saturated carbocycles. The molecule has 172 valence electrons. The molecule has 3 aromatic rings. The molecule has 33 heavy (non-hydrogen) atoms. The van der Waals surface area contributed by atoms with E-state index in [1.165, 1.54) is 13.2 Å². The molecule has 0 aliphatic carbocycles. The number of carbonyl (C=O) groups excluding carboxylic acids is 2. The second-order valence-electron chi connectivity index (χ2n) is 7.67. The molecule has 0 bridgehead atoms. The van der Waals surface area contributed by atoms with Crippen LogP contribution in [0.5, 0.6) is 0 Å². The Kier molecular flexibility index (Phi) is 7.50. The summed E-state index contributed by atoms with van der Waals surface area (Å²) in [5, 5.41) is 2.81. The Morgan fingerprint density at radius 2 is 1.61 bits per heavy atom. The molecular weight excluding hydrogens is 440 g/mol. The van der Waals surface area contributed by atoms with Crippen molar-refractivity contribution >= 4 is 27.6 Å². The van der Waals surface area contributed by atoms with Gasteiger partial charge < -0.3 is 10.1 Å². The quantitative estimate of drug-likeness (QED) is 0.486. The normalized spacial score (nSPS) is 12.0. The highest BCUT2D eigenvalue weighted by molar-refractivity contribution is 7.92. The van der Waals surface area contributed by atoms with Crippen LogP contribution in [0.15, 0.2) is 77.7 Å². The zero-order valence-electron chi connectivity index (χ0n) is 18.7. The number of aryl methyl sites for hydroxylation is 2. The van der Waals surface area contributed by atoms with Crippen molar-refractivity contribution in [3.63, 3.8) is 0 Å². The third-order valence-electron chi connectivity index (χ3n) is 5.15. The Bertz CT molecular complexity index is 1240. The van der Waals surface area contributed by atoms with Gasteiger partial charge >= 0.3 is 5.97 Å². The van der Waals surface area contributed by atoms with Gasteiger partial charge in [-0.05, 0) is 49.2 Å². The molecule has 0 aliphatic heterocycles. The van der Waals surface area contributed by atoms with Crippen molar-refractivity contribution < 1.29 is 22.7 Å². The molecule has 0 aromatic heterocycles.